The zero-order chi connectivity index (χ0) is 10.3. The number of nitrogens with zero attached hydrogens (tertiary/aromatic N) is 1. The predicted octanol–water partition coefficient (Wildman–Crippen LogP) is 1.98. The maximum atomic E-state index is 3.39. The lowest BCUT2D eigenvalue weighted by Crippen LogP contribution is -2.43. The Morgan fingerprint density at radius 2 is 2.13 bits per heavy atom. The standard InChI is InChI=1S/C12H20N2S/c1(3-12-4-10-15-11-12)2-7-14-8-5-13-6-9-14/h4,10-11,13H,1-3,5-9H2. The van der Waals surface area contributed by atoms with E-state index in [1.54, 1.807) is 0 Å². The molecule has 0 spiro atoms. The molecular weight excluding hydrogens is 204 g/mol. The van der Waals surface area contributed by atoms with Gasteiger partial charge in [-0.3, -0.25) is 0 Å². The van der Waals surface area contributed by atoms with E-state index in [0.717, 1.165) is 0 Å². The minimum Gasteiger partial charge on any atom is -0.314 e. The molecule has 1 saturated heterocycles. The Morgan fingerprint density at radius 1 is 1.27 bits per heavy atom. The Hall–Kier alpha value is -0.380. The number of hydrogen-bond acceptors (Lipinski definition) is 3. The monoisotopic (exact) mass is 224 g/mol. The molecule has 1 N–H and O–H groups in total. The summed E-state index contributed by atoms with van der Waals surface area (Å²) in [5.41, 5.74) is 1.51. The summed E-state index contributed by atoms with van der Waals surface area (Å²) < 4.78 is 0. The summed E-state index contributed by atoms with van der Waals surface area (Å²) in [5.74, 6) is 0. The summed E-state index contributed by atoms with van der Waals surface area (Å²) in [6.07, 6.45) is 3.94. The molecule has 0 unspecified atom stereocenters. The number of rotatable bonds is 5. The highest BCUT2D eigenvalue weighted by Gasteiger charge is 2.07. The molecule has 0 radical (unpaired) electrons. The molecule has 0 aliphatic carbocycles. The van der Waals surface area contributed by atoms with E-state index in [-0.39, 0.29) is 0 Å². The summed E-state index contributed by atoms with van der Waals surface area (Å²) in [7, 11) is 0. The molecule has 1 aliphatic rings. The fourth-order valence-corrected chi connectivity index (χ4v) is 2.74. The zero-order valence-electron chi connectivity index (χ0n) is 9.24. The summed E-state index contributed by atoms with van der Waals surface area (Å²) in [5, 5.41) is 7.83. The van der Waals surface area contributed by atoms with Crippen molar-refractivity contribution in [2.24, 2.45) is 0 Å². The lowest BCUT2D eigenvalue weighted by atomic mass is 10.1. The van der Waals surface area contributed by atoms with E-state index in [1.807, 2.05) is 11.3 Å². The van der Waals surface area contributed by atoms with Crippen LogP contribution in [0.25, 0.3) is 0 Å². The van der Waals surface area contributed by atoms with E-state index < -0.39 is 0 Å². The van der Waals surface area contributed by atoms with E-state index in [9.17, 15) is 0 Å². The van der Waals surface area contributed by atoms with Gasteiger partial charge in [0.05, 0.1) is 0 Å². The first-order valence-corrected chi connectivity index (χ1v) is 6.83. The van der Waals surface area contributed by atoms with Gasteiger partial charge in [-0.05, 0) is 48.2 Å². The van der Waals surface area contributed by atoms with Crippen molar-refractivity contribution in [3.05, 3.63) is 22.4 Å². The zero-order valence-corrected chi connectivity index (χ0v) is 10.1. The van der Waals surface area contributed by atoms with Crippen LogP contribution in [0.5, 0.6) is 0 Å². The highest BCUT2D eigenvalue weighted by atomic mass is 32.1. The largest absolute Gasteiger partial charge is 0.314 e. The molecule has 0 atom stereocenters. The predicted molar refractivity (Wildman–Crippen MR) is 66.6 cm³/mol. The number of hydrogen-bond donors (Lipinski definition) is 1. The van der Waals surface area contributed by atoms with Crippen LogP contribution < -0.4 is 5.32 Å². The van der Waals surface area contributed by atoms with Gasteiger partial charge in [0.15, 0.2) is 0 Å². The Balaban J connectivity index is 1.54. The molecule has 1 aliphatic heterocycles. The second-order valence-electron chi connectivity index (χ2n) is 4.18. The summed E-state index contributed by atoms with van der Waals surface area (Å²) >= 11 is 1.81. The van der Waals surface area contributed by atoms with Crippen molar-refractivity contribution < 1.29 is 0 Å². The molecular formula is C12H20N2S. The highest BCUT2D eigenvalue weighted by Crippen LogP contribution is 2.09. The van der Waals surface area contributed by atoms with Crippen LogP contribution in [0.15, 0.2) is 16.8 Å². The van der Waals surface area contributed by atoms with E-state index in [2.05, 4.69) is 27.0 Å². The van der Waals surface area contributed by atoms with Crippen LogP contribution in [0.1, 0.15) is 18.4 Å². The van der Waals surface area contributed by atoms with Crippen LogP contribution in [0.2, 0.25) is 0 Å². The average Bonchev–Trinajstić information content (AvgIpc) is 2.79. The Labute approximate surface area is 96.3 Å². The first kappa shape index (κ1) is 11.1. The number of aryl methyl sites for hydroxylation is 1. The Kier molecular flexibility index (Phi) is 4.64. The van der Waals surface area contributed by atoms with Crippen molar-refractivity contribution >= 4 is 11.3 Å². The van der Waals surface area contributed by atoms with Gasteiger partial charge >= 0.3 is 0 Å². The molecule has 0 bridgehead atoms. The average molecular weight is 224 g/mol. The number of unbranched alkanes of at least 4 members (excludes halogenated alkanes) is 1. The summed E-state index contributed by atoms with van der Waals surface area (Å²) in [6.45, 7) is 6.10. The van der Waals surface area contributed by atoms with Gasteiger partial charge < -0.3 is 10.2 Å². The first-order chi connectivity index (χ1) is 7.45. The van der Waals surface area contributed by atoms with Crippen LogP contribution in [-0.4, -0.2) is 37.6 Å². The minimum atomic E-state index is 1.17. The third kappa shape index (κ3) is 3.93. The van der Waals surface area contributed by atoms with Gasteiger partial charge in [-0.25, -0.2) is 0 Å². The highest BCUT2D eigenvalue weighted by molar-refractivity contribution is 7.07. The molecule has 0 amide bonds. The first-order valence-electron chi connectivity index (χ1n) is 5.89. The van der Waals surface area contributed by atoms with Crippen molar-refractivity contribution in [1.29, 1.82) is 0 Å². The molecule has 0 aromatic carbocycles. The molecule has 2 rings (SSSR count). The fourth-order valence-electron chi connectivity index (χ4n) is 2.03. The molecule has 0 saturated carbocycles. The number of piperazine rings is 1. The van der Waals surface area contributed by atoms with Gasteiger partial charge in [-0.1, -0.05) is 0 Å². The van der Waals surface area contributed by atoms with Crippen molar-refractivity contribution in [3.63, 3.8) is 0 Å². The minimum absolute atomic E-state index is 1.17. The van der Waals surface area contributed by atoms with Crippen molar-refractivity contribution in [1.82, 2.24) is 10.2 Å². The van der Waals surface area contributed by atoms with Gasteiger partial charge in [0.2, 0.25) is 0 Å². The summed E-state index contributed by atoms with van der Waals surface area (Å²) in [4.78, 5) is 2.57. The van der Waals surface area contributed by atoms with Gasteiger partial charge in [-0.15, -0.1) is 0 Å². The van der Waals surface area contributed by atoms with Gasteiger partial charge in [0.1, 0.15) is 0 Å². The smallest absolute Gasteiger partial charge is 0.0107 e. The van der Waals surface area contributed by atoms with Crippen LogP contribution in [0, 0.1) is 0 Å². The van der Waals surface area contributed by atoms with Crippen molar-refractivity contribution in [2.45, 2.75) is 19.3 Å². The maximum absolute atomic E-state index is 3.39. The van der Waals surface area contributed by atoms with Gasteiger partial charge in [0, 0.05) is 26.2 Å². The molecule has 1 aromatic heterocycles. The van der Waals surface area contributed by atoms with E-state index in [1.165, 1.54) is 57.5 Å². The van der Waals surface area contributed by atoms with E-state index in [4.69, 9.17) is 0 Å². The van der Waals surface area contributed by atoms with Crippen molar-refractivity contribution in [2.75, 3.05) is 32.7 Å². The quantitative estimate of drug-likeness (QED) is 0.769. The van der Waals surface area contributed by atoms with Gasteiger partial charge in [-0.2, -0.15) is 11.3 Å². The second-order valence-corrected chi connectivity index (χ2v) is 4.96. The molecule has 1 aromatic rings. The lowest BCUT2D eigenvalue weighted by molar-refractivity contribution is 0.237. The Morgan fingerprint density at radius 3 is 2.87 bits per heavy atom. The third-order valence-electron chi connectivity index (χ3n) is 2.98. The third-order valence-corrected chi connectivity index (χ3v) is 3.71. The lowest BCUT2D eigenvalue weighted by Gasteiger charge is -2.26. The molecule has 84 valence electrons. The second kappa shape index (κ2) is 6.26. The van der Waals surface area contributed by atoms with Crippen LogP contribution in [-0.2, 0) is 6.42 Å². The summed E-state index contributed by atoms with van der Waals surface area (Å²) in [6, 6.07) is 2.25. The molecule has 2 nitrogen and oxygen atoms in total. The van der Waals surface area contributed by atoms with Crippen molar-refractivity contribution in [3.8, 4) is 0 Å². The molecule has 2 heterocycles. The fraction of sp³-hybridized carbons (Fsp3) is 0.667. The molecule has 3 heteroatoms. The van der Waals surface area contributed by atoms with Crippen LogP contribution in [0.3, 0.4) is 0 Å². The van der Waals surface area contributed by atoms with Gasteiger partial charge in [0.25, 0.3) is 0 Å². The SMILES string of the molecule is c1cc(CCCCN2CCNCC2)cs1. The normalized spacial score (nSPS) is 18.1. The van der Waals surface area contributed by atoms with Crippen LogP contribution in [0.4, 0.5) is 0 Å². The van der Waals surface area contributed by atoms with E-state index in [0.29, 0.717) is 0 Å². The molecule has 15 heavy (non-hydrogen) atoms. The van der Waals surface area contributed by atoms with Crippen LogP contribution >= 0.6 is 11.3 Å². The number of thiophene rings is 1. The number of nitrogens with one attached hydrogen (secondary N) is 1. The maximum Gasteiger partial charge on any atom is 0.0107 e. The Bertz CT molecular complexity index is 253. The molecule has 1 fully saturated rings. The topological polar surface area (TPSA) is 15.3 Å². The van der Waals surface area contributed by atoms with E-state index >= 15 is 0 Å².